The van der Waals surface area contributed by atoms with E-state index in [2.05, 4.69) is 20.4 Å². The van der Waals surface area contributed by atoms with Gasteiger partial charge in [-0.2, -0.15) is 0 Å². The van der Waals surface area contributed by atoms with E-state index in [4.69, 9.17) is 4.42 Å². The van der Waals surface area contributed by atoms with Crippen LogP contribution >= 0.6 is 0 Å². The van der Waals surface area contributed by atoms with Gasteiger partial charge in [-0.15, -0.1) is 5.10 Å². The van der Waals surface area contributed by atoms with Gasteiger partial charge in [-0.05, 0) is 49.2 Å². The van der Waals surface area contributed by atoms with Crippen LogP contribution in [0, 0.1) is 5.82 Å². The summed E-state index contributed by atoms with van der Waals surface area (Å²) in [5, 5.41) is 9.14. The van der Waals surface area contributed by atoms with E-state index in [0.29, 0.717) is 18.1 Å². The minimum atomic E-state index is -0.578. The number of rotatable bonds is 5. The molecular formula is C21H21FN4O3. The molecule has 1 saturated heterocycles. The molecule has 150 valence electrons. The average Bonchev–Trinajstić information content (AvgIpc) is 3.17. The van der Waals surface area contributed by atoms with Gasteiger partial charge in [-0.3, -0.25) is 9.69 Å². The summed E-state index contributed by atoms with van der Waals surface area (Å²) in [7, 11) is 0. The van der Waals surface area contributed by atoms with Crippen LogP contribution in [0.4, 0.5) is 10.1 Å². The highest BCUT2D eigenvalue weighted by molar-refractivity contribution is 5.95. The van der Waals surface area contributed by atoms with Crippen LogP contribution in [0.15, 0.2) is 63.8 Å². The highest BCUT2D eigenvalue weighted by Gasteiger charge is 2.34. The standard InChI is InChI=1S/C21H21FN4O3/c22-16-8-10-17(11-9-16)23-19(27)18(14-5-2-1-3-6-14)26-12-4-7-15(13-26)20-24-25-21(28)29-20/h1-3,5-6,8-11,15,18H,4,7,12-13H2,(H,23,27)(H,25,28). The van der Waals surface area contributed by atoms with Gasteiger partial charge in [0.05, 0.1) is 5.92 Å². The van der Waals surface area contributed by atoms with E-state index in [9.17, 15) is 14.0 Å². The maximum atomic E-state index is 13.2. The van der Waals surface area contributed by atoms with Crippen LogP contribution in [-0.4, -0.2) is 34.1 Å². The third kappa shape index (κ3) is 4.43. The van der Waals surface area contributed by atoms with Gasteiger partial charge in [-0.25, -0.2) is 14.3 Å². The summed E-state index contributed by atoms with van der Waals surface area (Å²) in [4.78, 5) is 26.6. The van der Waals surface area contributed by atoms with Gasteiger partial charge in [0.1, 0.15) is 11.9 Å². The first kappa shape index (κ1) is 19.1. The molecule has 4 rings (SSSR count). The molecule has 8 heteroatoms. The Balaban J connectivity index is 1.59. The molecule has 2 unspecified atom stereocenters. The maximum Gasteiger partial charge on any atom is 0.434 e. The number of aromatic amines is 1. The monoisotopic (exact) mass is 396 g/mol. The Kier molecular flexibility index (Phi) is 5.53. The SMILES string of the molecule is O=C(Nc1ccc(F)cc1)C(c1ccccc1)N1CCCC(c2n[nH]c(=O)o2)C1. The molecule has 3 aromatic rings. The molecule has 1 amide bonds. The number of piperidine rings is 1. The predicted octanol–water partition coefficient (Wildman–Crippen LogP) is 3.06. The van der Waals surface area contributed by atoms with E-state index in [1.54, 1.807) is 0 Å². The van der Waals surface area contributed by atoms with Gasteiger partial charge in [0, 0.05) is 12.2 Å². The molecule has 29 heavy (non-hydrogen) atoms. The van der Waals surface area contributed by atoms with Crippen molar-refractivity contribution >= 4 is 11.6 Å². The van der Waals surface area contributed by atoms with Crippen molar-refractivity contribution in [2.75, 3.05) is 18.4 Å². The number of halogens is 1. The van der Waals surface area contributed by atoms with Gasteiger partial charge in [0.2, 0.25) is 11.8 Å². The number of likely N-dealkylation sites (tertiary alicyclic amines) is 1. The predicted molar refractivity (Wildman–Crippen MR) is 105 cm³/mol. The van der Waals surface area contributed by atoms with Crippen LogP contribution in [0.2, 0.25) is 0 Å². The van der Waals surface area contributed by atoms with Gasteiger partial charge in [-0.1, -0.05) is 30.3 Å². The van der Waals surface area contributed by atoms with E-state index in [-0.39, 0.29) is 17.6 Å². The summed E-state index contributed by atoms with van der Waals surface area (Å²) in [6.07, 6.45) is 1.67. The first-order valence-electron chi connectivity index (χ1n) is 9.51. The summed E-state index contributed by atoms with van der Waals surface area (Å²) < 4.78 is 18.3. The Morgan fingerprint density at radius 1 is 1.21 bits per heavy atom. The average molecular weight is 396 g/mol. The fraction of sp³-hybridized carbons (Fsp3) is 0.286. The number of nitrogens with zero attached hydrogens (tertiary/aromatic N) is 2. The summed E-state index contributed by atoms with van der Waals surface area (Å²) in [6, 6.07) is 14.7. The molecule has 1 aliphatic rings. The first-order chi connectivity index (χ1) is 14.1. The van der Waals surface area contributed by atoms with E-state index in [0.717, 1.165) is 24.9 Å². The Morgan fingerprint density at radius 2 is 1.97 bits per heavy atom. The lowest BCUT2D eigenvalue weighted by Crippen LogP contribution is -2.42. The van der Waals surface area contributed by atoms with Crippen molar-refractivity contribution < 1.29 is 13.6 Å². The zero-order valence-electron chi connectivity index (χ0n) is 15.7. The van der Waals surface area contributed by atoms with E-state index in [1.165, 1.54) is 24.3 Å². The number of anilines is 1. The number of carbonyl (C=O) groups is 1. The molecule has 2 heterocycles. The van der Waals surface area contributed by atoms with Crippen LogP contribution in [0.5, 0.6) is 0 Å². The Hall–Kier alpha value is -3.26. The van der Waals surface area contributed by atoms with Gasteiger partial charge < -0.3 is 9.73 Å². The van der Waals surface area contributed by atoms with Crippen molar-refractivity contribution in [1.82, 2.24) is 15.1 Å². The molecule has 2 aromatic carbocycles. The Morgan fingerprint density at radius 3 is 2.66 bits per heavy atom. The lowest BCUT2D eigenvalue weighted by Gasteiger charge is -2.36. The van der Waals surface area contributed by atoms with Gasteiger partial charge >= 0.3 is 5.76 Å². The molecule has 0 aliphatic carbocycles. The van der Waals surface area contributed by atoms with E-state index in [1.807, 2.05) is 30.3 Å². The molecule has 2 atom stereocenters. The number of benzene rings is 2. The Labute approximate surface area is 166 Å². The highest BCUT2D eigenvalue weighted by atomic mass is 19.1. The van der Waals surface area contributed by atoms with Crippen molar-refractivity contribution in [3.05, 3.63) is 82.4 Å². The zero-order chi connectivity index (χ0) is 20.2. The number of hydrogen-bond acceptors (Lipinski definition) is 5. The summed E-state index contributed by atoms with van der Waals surface area (Å²) >= 11 is 0. The van der Waals surface area contributed by atoms with Crippen LogP contribution in [0.1, 0.15) is 36.3 Å². The van der Waals surface area contributed by atoms with Gasteiger partial charge in [0.15, 0.2) is 0 Å². The second-order valence-corrected chi connectivity index (χ2v) is 7.09. The largest absolute Gasteiger partial charge is 0.434 e. The molecule has 1 fully saturated rings. The summed E-state index contributed by atoms with van der Waals surface area (Å²) in [6.45, 7) is 1.26. The van der Waals surface area contributed by atoms with Crippen LogP contribution in [0.3, 0.4) is 0 Å². The van der Waals surface area contributed by atoms with Crippen molar-refractivity contribution in [3.8, 4) is 0 Å². The van der Waals surface area contributed by atoms with Crippen molar-refractivity contribution in [2.24, 2.45) is 0 Å². The fourth-order valence-corrected chi connectivity index (χ4v) is 3.77. The number of hydrogen-bond donors (Lipinski definition) is 2. The molecule has 0 radical (unpaired) electrons. The zero-order valence-corrected chi connectivity index (χ0v) is 15.7. The molecule has 1 aliphatic heterocycles. The van der Waals surface area contributed by atoms with Crippen molar-refractivity contribution in [3.63, 3.8) is 0 Å². The number of H-pyrrole nitrogens is 1. The van der Waals surface area contributed by atoms with E-state index < -0.39 is 11.8 Å². The second kappa shape index (κ2) is 8.40. The number of amides is 1. The highest BCUT2D eigenvalue weighted by Crippen LogP contribution is 2.32. The molecule has 0 saturated carbocycles. The van der Waals surface area contributed by atoms with Crippen molar-refractivity contribution in [2.45, 2.75) is 24.8 Å². The molecule has 0 bridgehead atoms. The lowest BCUT2D eigenvalue weighted by atomic mass is 9.94. The maximum absolute atomic E-state index is 13.2. The number of aromatic nitrogens is 2. The van der Waals surface area contributed by atoms with Crippen LogP contribution in [0.25, 0.3) is 0 Å². The normalized spacial score (nSPS) is 18.3. The Bertz CT molecular complexity index is 1020. The number of carbonyl (C=O) groups excluding carboxylic acids is 1. The molecule has 1 aromatic heterocycles. The van der Waals surface area contributed by atoms with Gasteiger partial charge in [0.25, 0.3) is 0 Å². The topological polar surface area (TPSA) is 91.2 Å². The fourth-order valence-electron chi connectivity index (χ4n) is 3.77. The third-order valence-electron chi connectivity index (χ3n) is 5.10. The minimum absolute atomic E-state index is 0.0764. The second-order valence-electron chi connectivity index (χ2n) is 7.09. The quantitative estimate of drug-likeness (QED) is 0.692. The van der Waals surface area contributed by atoms with Crippen molar-refractivity contribution in [1.29, 1.82) is 0 Å². The molecule has 0 spiro atoms. The smallest absolute Gasteiger partial charge is 0.392 e. The van der Waals surface area contributed by atoms with Crippen LogP contribution in [-0.2, 0) is 4.79 Å². The minimum Gasteiger partial charge on any atom is -0.392 e. The summed E-state index contributed by atoms with van der Waals surface area (Å²) in [5.74, 6) is -0.849. The number of nitrogens with one attached hydrogen (secondary N) is 2. The first-order valence-corrected chi connectivity index (χ1v) is 9.51. The molecular weight excluding hydrogens is 375 g/mol. The molecule has 7 nitrogen and oxygen atoms in total. The summed E-state index contributed by atoms with van der Waals surface area (Å²) in [5.41, 5.74) is 1.39. The van der Waals surface area contributed by atoms with E-state index >= 15 is 0 Å². The van der Waals surface area contributed by atoms with Crippen LogP contribution < -0.4 is 11.1 Å². The molecule has 2 N–H and O–H groups in total. The lowest BCUT2D eigenvalue weighted by molar-refractivity contribution is -0.122. The third-order valence-corrected chi connectivity index (χ3v) is 5.10.